The summed E-state index contributed by atoms with van der Waals surface area (Å²) in [5.74, 6) is 0.576. The van der Waals surface area contributed by atoms with Gasteiger partial charge >= 0.3 is 0 Å². The molecule has 34 heavy (non-hydrogen) atoms. The quantitative estimate of drug-likeness (QED) is 0.363. The van der Waals surface area contributed by atoms with Gasteiger partial charge in [0, 0.05) is 17.3 Å². The number of hydrogen-bond donors (Lipinski definition) is 4. The van der Waals surface area contributed by atoms with Crippen LogP contribution in [0.1, 0.15) is 32.4 Å². The van der Waals surface area contributed by atoms with Crippen molar-refractivity contribution in [2.75, 3.05) is 17.7 Å². The van der Waals surface area contributed by atoms with E-state index in [1.807, 2.05) is 38.1 Å². The van der Waals surface area contributed by atoms with Crippen LogP contribution in [0.4, 0.5) is 11.5 Å². The Morgan fingerprint density at radius 2 is 1.76 bits per heavy atom. The standard InChI is InChI=1S/C24H27N5O3S2/c1-23(2,15-30)29-22(33)26-17-10-8-16(9-11-17)21-27-19(14-20(25)28-21)24(12-13-24)34(31,32)18-6-4-3-5-7-18/h3-11,14,30H,12-13,15H2,1-2H3,(H2,25,27,28)(H2,26,29,33). The third kappa shape index (κ3) is 4.75. The zero-order valence-electron chi connectivity index (χ0n) is 18.9. The van der Waals surface area contributed by atoms with Gasteiger partial charge in [0.15, 0.2) is 20.8 Å². The fraction of sp³-hybridized carbons (Fsp3) is 0.292. The first kappa shape index (κ1) is 24.1. The number of aliphatic hydroxyl groups is 1. The fourth-order valence-electron chi connectivity index (χ4n) is 3.64. The van der Waals surface area contributed by atoms with Gasteiger partial charge in [-0.2, -0.15) is 0 Å². The van der Waals surface area contributed by atoms with E-state index in [0.717, 1.165) is 5.69 Å². The van der Waals surface area contributed by atoms with Gasteiger partial charge in [0.1, 0.15) is 10.6 Å². The minimum atomic E-state index is -3.63. The van der Waals surface area contributed by atoms with Crippen LogP contribution in [-0.2, 0) is 14.6 Å². The summed E-state index contributed by atoms with van der Waals surface area (Å²) in [6.07, 6.45) is 0.967. The van der Waals surface area contributed by atoms with Gasteiger partial charge in [-0.15, -0.1) is 0 Å². The lowest BCUT2D eigenvalue weighted by atomic mass is 10.1. The topological polar surface area (TPSA) is 130 Å². The van der Waals surface area contributed by atoms with Gasteiger partial charge in [-0.1, -0.05) is 18.2 Å². The average Bonchev–Trinajstić information content (AvgIpc) is 3.62. The molecule has 0 aliphatic heterocycles. The third-order valence-electron chi connectivity index (χ3n) is 5.73. The van der Waals surface area contributed by atoms with Gasteiger partial charge in [0.2, 0.25) is 0 Å². The number of rotatable bonds is 7. The van der Waals surface area contributed by atoms with Gasteiger partial charge in [0.25, 0.3) is 0 Å². The summed E-state index contributed by atoms with van der Waals surface area (Å²) in [6.45, 7) is 3.61. The van der Waals surface area contributed by atoms with E-state index in [1.54, 1.807) is 36.4 Å². The van der Waals surface area contributed by atoms with Gasteiger partial charge in [0.05, 0.1) is 22.7 Å². The lowest BCUT2D eigenvalue weighted by Gasteiger charge is -2.25. The van der Waals surface area contributed by atoms with Crippen LogP contribution in [0.15, 0.2) is 65.6 Å². The van der Waals surface area contributed by atoms with E-state index < -0.39 is 20.1 Å². The molecule has 10 heteroatoms. The highest BCUT2D eigenvalue weighted by molar-refractivity contribution is 7.92. The minimum Gasteiger partial charge on any atom is -0.394 e. The molecule has 0 atom stereocenters. The average molecular weight is 498 g/mol. The van der Waals surface area contributed by atoms with E-state index in [-0.39, 0.29) is 17.3 Å². The van der Waals surface area contributed by atoms with Crippen molar-refractivity contribution in [3.05, 3.63) is 66.4 Å². The molecule has 8 nitrogen and oxygen atoms in total. The van der Waals surface area contributed by atoms with Crippen molar-refractivity contribution in [3.63, 3.8) is 0 Å². The first-order valence-electron chi connectivity index (χ1n) is 10.8. The van der Waals surface area contributed by atoms with E-state index >= 15 is 0 Å². The number of anilines is 2. The second-order valence-corrected chi connectivity index (χ2v) is 11.7. The van der Waals surface area contributed by atoms with Gasteiger partial charge in [-0.05, 0) is 75.3 Å². The smallest absolute Gasteiger partial charge is 0.189 e. The Bertz CT molecular complexity index is 1310. The summed E-state index contributed by atoms with van der Waals surface area (Å²) in [5.41, 5.74) is 7.37. The van der Waals surface area contributed by atoms with E-state index in [9.17, 15) is 13.5 Å². The molecule has 1 fully saturated rings. The van der Waals surface area contributed by atoms with Crippen LogP contribution >= 0.6 is 12.2 Å². The highest BCUT2D eigenvalue weighted by atomic mass is 32.2. The zero-order chi connectivity index (χ0) is 24.6. The molecule has 1 aliphatic carbocycles. The molecule has 1 aliphatic rings. The van der Waals surface area contributed by atoms with E-state index in [2.05, 4.69) is 20.6 Å². The summed E-state index contributed by atoms with van der Waals surface area (Å²) < 4.78 is 25.7. The van der Waals surface area contributed by atoms with Gasteiger partial charge < -0.3 is 21.5 Å². The number of nitrogen functional groups attached to an aromatic ring is 1. The normalized spacial score (nSPS) is 14.9. The fourth-order valence-corrected chi connectivity index (χ4v) is 6.02. The molecule has 4 rings (SSSR count). The SMILES string of the molecule is CC(C)(CO)NC(=S)Nc1ccc(-c2nc(N)cc(C3(S(=O)(=O)c4ccccc4)CC3)n2)cc1. The lowest BCUT2D eigenvalue weighted by molar-refractivity contribution is 0.207. The van der Waals surface area contributed by atoms with E-state index in [0.29, 0.717) is 35.0 Å². The van der Waals surface area contributed by atoms with Crippen molar-refractivity contribution in [1.29, 1.82) is 0 Å². The Labute approximate surface area is 204 Å². The highest BCUT2D eigenvalue weighted by Crippen LogP contribution is 2.54. The maximum atomic E-state index is 13.4. The van der Waals surface area contributed by atoms with Crippen LogP contribution < -0.4 is 16.4 Å². The van der Waals surface area contributed by atoms with Crippen molar-refractivity contribution < 1.29 is 13.5 Å². The van der Waals surface area contributed by atoms with Crippen molar-refractivity contribution in [2.24, 2.45) is 0 Å². The molecule has 2 aromatic carbocycles. The lowest BCUT2D eigenvalue weighted by Crippen LogP contribution is -2.47. The van der Waals surface area contributed by atoms with E-state index in [1.165, 1.54) is 0 Å². The second-order valence-electron chi connectivity index (χ2n) is 9.01. The maximum absolute atomic E-state index is 13.4. The Hall–Kier alpha value is -3.08. The number of thiocarbonyl (C=S) groups is 1. The highest BCUT2D eigenvalue weighted by Gasteiger charge is 2.57. The van der Waals surface area contributed by atoms with Crippen molar-refractivity contribution in [1.82, 2.24) is 15.3 Å². The number of sulfone groups is 1. The van der Waals surface area contributed by atoms with Crippen LogP contribution in [0, 0.1) is 0 Å². The zero-order valence-corrected chi connectivity index (χ0v) is 20.6. The molecule has 1 saturated carbocycles. The molecular formula is C24H27N5O3S2. The Morgan fingerprint density at radius 1 is 1.12 bits per heavy atom. The number of nitrogens with zero attached hydrogens (tertiary/aromatic N) is 2. The Balaban J connectivity index is 1.59. The monoisotopic (exact) mass is 497 g/mol. The van der Waals surface area contributed by atoms with Gasteiger partial charge in [-0.3, -0.25) is 0 Å². The maximum Gasteiger partial charge on any atom is 0.189 e. The Morgan fingerprint density at radius 3 is 2.35 bits per heavy atom. The van der Waals surface area contributed by atoms with Crippen LogP contribution in [-0.4, -0.2) is 40.8 Å². The summed E-state index contributed by atoms with van der Waals surface area (Å²) in [5, 5.41) is 15.9. The summed E-state index contributed by atoms with van der Waals surface area (Å²) in [7, 11) is -3.63. The summed E-state index contributed by atoms with van der Waals surface area (Å²) >= 11 is 5.30. The van der Waals surface area contributed by atoms with Crippen molar-refractivity contribution >= 4 is 38.7 Å². The number of aromatic nitrogens is 2. The van der Waals surface area contributed by atoms with Crippen molar-refractivity contribution in [3.8, 4) is 11.4 Å². The number of nitrogens with two attached hydrogens (primary N) is 1. The first-order valence-corrected chi connectivity index (χ1v) is 12.7. The minimum absolute atomic E-state index is 0.0651. The number of benzene rings is 2. The predicted octanol–water partition coefficient (Wildman–Crippen LogP) is 3.25. The molecule has 0 unspecified atom stereocenters. The molecule has 178 valence electrons. The van der Waals surface area contributed by atoms with Crippen LogP contribution in [0.5, 0.6) is 0 Å². The predicted molar refractivity (Wildman–Crippen MR) is 137 cm³/mol. The summed E-state index contributed by atoms with van der Waals surface area (Å²) in [6, 6.07) is 17.2. The molecule has 1 heterocycles. The van der Waals surface area contributed by atoms with Gasteiger partial charge in [-0.25, -0.2) is 18.4 Å². The molecular weight excluding hydrogens is 470 g/mol. The molecule has 0 amide bonds. The second kappa shape index (κ2) is 8.94. The summed E-state index contributed by atoms with van der Waals surface area (Å²) in [4.78, 5) is 9.23. The molecule has 0 bridgehead atoms. The molecule has 0 spiro atoms. The van der Waals surface area contributed by atoms with E-state index in [4.69, 9.17) is 18.0 Å². The van der Waals surface area contributed by atoms with Crippen molar-refractivity contribution in [2.45, 2.75) is 41.9 Å². The molecule has 3 aromatic rings. The van der Waals surface area contributed by atoms with Crippen LogP contribution in [0.3, 0.4) is 0 Å². The third-order valence-corrected chi connectivity index (χ3v) is 8.48. The molecule has 0 radical (unpaired) electrons. The largest absolute Gasteiger partial charge is 0.394 e. The van der Waals surface area contributed by atoms with Crippen LogP contribution in [0.25, 0.3) is 11.4 Å². The number of hydrogen-bond acceptors (Lipinski definition) is 7. The number of aliphatic hydroxyl groups excluding tert-OH is 1. The molecule has 5 N–H and O–H groups in total. The molecule has 0 saturated heterocycles. The number of nitrogens with one attached hydrogen (secondary N) is 2. The first-order chi connectivity index (χ1) is 16.1. The van der Waals surface area contributed by atoms with Crippen LogP contribution in [0.2, 0.25) is 0 Å². The molecule has 1 aromatic heterocycles. The Kier molecular flexibility index (Phi) is 6.32.